The van der Waals surface area contributed by atoms with Gasteiger partial charge in [0.25, 0.3) is 5.91 Å². The number of alkyl halides is 3. The average molecular weight is 431 g/mol. The van der Waals surface area contributed by atoms with Gasteiger partial charge in [0.2, 0.25) is 0 Å². The number of hydrogen-bond acceptors (Lipinski definition) is 4. The van der Waals surface area contributed by atoms with Gasteiger partial charge < -0.3 is 9.64 Å². The van der Waals surface area contributed by atoms with Crippen molar-refractivity contribution in [1.82, 2.24) is 14.9 Å². The van der Waals surface area contributed by atoms with Crippen LogP contribution in [0.25, 0.3) is 5.57 Å². The minimum absolute atomic E-state index is 0.108. The Bertz CT molecular complexity index is 1120. The first-order valence-electron chi connectivity index (χ1n) is 9.44. The fourth-order valence-corrected chi connectivity index (χ4v) is 3.25. The average Bonchev–Trinajstić information content (AvgIpc) is 2.89. The molecule has 0 saturated carbocycles. The summed E-state index contributed by atoms with van der Waals surface area (Å²) in [5.74, 6) is -0.874. The van der Waals surface area contributed by atoms with Crippen molar-refractivity contribution in [2.24, 2.45) is 5.41 Å². The summed E-state index contributed by atoms with van der Waals surface area (Å²) in [6, 6.07) is 6.24. The molecule has 2 aliphatic rings. The van der Waals surface area contributed by atoms with Crippen LogP contribution in [-0.2, 0) is 6.54 Å². The van der Waals surface area contributed by atoms with Crippen LogP contribution in [0.3, 0.4) is 0 Å². The molecule has 1 amide bonds. The number of aromatic nitrogens is 2. The lowest BCUT2D eigenvalue weighted by atomic mass is 9.83. The van der Waals surface area contributed by atoms with Crippen LogP contribution in [0, 0.1) is 5.41 Å². The maximum atomic E-state index is 14.4. The Morgan fingerprint density at radius 1 is 1.26 bits per heavy atom. The molecular weight excluding hydrogens is 414 g/mol. The molecule has 31 heavy (non-hydrogen) atoms. The standard InChI is InChI=1S/C22H17F4N3O2/c1-21(22(24,25)26)6-5-15(12-18(21)23)14-3-4-17-16(11-14)20(30)29(9-10-31-17)13-19-27-7-2-8-28-19/h2-4,6-8,11-12H,9-10,13H2,1H3. The second-order valence-corrected chi connectivity index (χ2v) is 7.35. The lowest BCUT2D eigenvalue weighted by Gasteiger charge is -2.28. The molecule has 0 spiro atoms. The number of halogens is 4. The van der Waals surface area contributed by atoms with Gasteiger partial charge in [0, 0.05) is 18.0 Å². The molecule has 2 aromatic rings. The van der Waals surface area contributed by atoms with Gasteiger partial charge in [-0.25, -0.2) is 14.4 Å². The molecule has 5 nitrogen and oxygen atoms in total. The molecule has 0 fully saturated rings. The van der Waals surface area contributed by atoms with Crippen molar-refractivity contribution < 1.29 is 27.1 Å². The Balaban J connectivity index is 1.68. The van der Waals surface area contributed by atoms with Gasteiger partial charge in [0.1, 0.15) is 29.4 Å². The summed E-state index contributed by atoms with van der Waals surface area (Å²) in [4.78, 5) is 22.9. The molecule has 1 aromatic heterocycles. The first kappa shape index (κ1) is 20.8. The van der Waals surface area contributed by atoms with Crippen LogP contribution in [0.2, 0.25) is 0 Å². The third kappa shape index (κ3) is 3.84. The number of ether oxygens (including phenoxy) is 1. The topological polar surface area (TPSA) is 55.3 Å². The molecule has 9 heteroatoms. The van der Waals surface area contributed by atoms with Gasteiger partial charge in [-0.2, -0.15) is 13.2 Å². The maximum absolute atomic E-state index is 14.4. The molecule has 0 saturated heterocycles. The summed E-state index contributed by atoms with van der Waals surface area (Å²) in [7, 11) is 0. The van der Waals surface area contributed by atoms with E-state index in [9.17, 15) is 22.4 Å². The number of fused-ring (bicyclic) bond motifs is 1. The van der Waals surface area contributed by atoms with Crippen molar-refractivity contribution in [3.63, 3.8) is 0 Å². The molecule has 1 atom stereocenters. The Morgan fingerprint density at radius 3 is 2.68 bits per heavy atom. The molecule has 1 aromatic carbocycles. The Kier molecular flexibility index (Phi) is 5.15. The summed E-state index contributed by atoms with van der Waals surface area (Å²) in [6.07, 6.45) is -0.174. The molecule has 2 heterocycles. The van der Waals surface area contributed by atoms with E-state index in [1.54, 1.807) is 30.6 Å². The van der Waals surface area contributed by atoms with Gasteiger partial charge in [-0.15, -0.1) is 5.73 Å². The van der Waals surface area contributed by atoms with Gasteiger partial charge in [-0.3, -0.25) is 4.79 Å². The van der Waals surface area contributed by atoms with E-state index in [-0.39, 0.29) is 30.2 Å². The molecule has 1 unspecified atom stereocenters. The number of amides is 1. The lowest BCUT2D eigenvalue weighted by molar-refractivity contribution is -0.192. The number of benzene rings is 1. The van der Waals surface area contributed by atoms with Crippen LogP contribution in [0.15, 0.2) is 60.4 Å². The number of carbonyl (C=O) groups excluding carboxylic acids is 1. The monoisotopic (exact) mass is 431 g/mol. The van der Waals surface area contributed by atoms with E-state index in [0.29, 0.717) is 29.8 Å². The fourth-order valence-electron chi connectivity index (χ4n) is 3.25. The normalized spacial score (nSPS) is 21.1. The predicted molar refractivity (Wildman–Crippen MR) is 104 cm³/mol. The van der Waals surface area contributed by atoms with Crippen LogP contribution in [0.1, 0.15) is 28.7 Å². The van der Waals surface area contributed by atoms with Crippen molar-refractivity contribution in [1.29, 1.82) is 0 Å². The first-order valence-corrected chi connectivity index (χ1v) is 9.44. The molecule has 4 rings (SSSR count). The number of allylic oxidation sites excluding steroid dienone is 3. The highest BCUT2D eigenvalue weighted by Gasteiger charge is 2.53. The van der Waals surface area contributed by atoms with Crippen LogP contribution in [0.4, 0.5) is 17.6 Å². The molecule has 0 bridgehead atoms. The number of carbonyl (C=O) groups is 1. The minimum Gasteiger partial charge on any atom is -0.491 e. The zero-order valence-corrected chi connectivity index (χ0v) is 16.4. The third-order valence-corrected chi connectivity index (χ3v) is 5.25. The van der Waals surface area contributed by atoms with Crippen molar-refractivity contribution in [2.75, 3.05) is 13.2 Å². The van der Waals surface area contributed by atoms with Crippen molar-refractivity contribution in [3.05, 3.63) is 77.3 Å². The van der Waals surface area contributed by atoms with Crippen LogP contribution in [-0.4, -0.2) is 40.1 Å². The molecule has 1 aliphatic heterocycles. The van der Waals surface area contributed by atoms with Crippen molar-refractivity contribution in [2.45, 2.75) is 19.6 Å². The molecule has 1 aliphatic carbocycles. The second-order valence-electron chi connectivity index (χ2n) is 7.35. The number of rotatable bonds is 3. The molecule has 160 valence electrons. The number of hydrogen-bond donors (Lipinski definition) is 0. The van der Waals surface area contributed by atoms with Gasteiger partial charge in [0.15, 0.2) is 0 Å². The Morgan fingerprint density at radius 2 is 2.00 bits per heavy atom. The molecule has 0 N–H and O–H groups in total. The van der Waals surface area contributed by atoms with Crippen LogP contribution < -0.4 is 4.74 Å². The second kappa shape index (κ2) is 7.67. The summed E-state index contributed by atoms with van der Waals surface area (Å²) in [5, 5.41) is 0. The summed E-state index contributed by atoms with van der Waals surface area (Å²) < 4.78 is 59.7. The molecular formula is C22H17F4N3O2. The summed E-state index contributed by atoms with van der Waals surface area (Å²) in [6.45, 7) is 1.49. The van der Waals surface area contributed by atoms with E-state index >= 15 is 0 Å². The SMILES string of the molecule is CC1(C(F)(F)F)C=C=C(c2ccc3c(c2)C(=O)N(Cc2ncccn2)CCO3)C=C1F. The fraction of sp³-hybridized carbons (Fsp3) is 0.273. The zero-order chi connectivity index (χ0) is 22.2. The predicted octanol–water partition coefficient (Wildman–Crippen LogP) is 4.49. The smallest absolute Gasteiger partial charge is 0.404 e. The van der Waals surface area contributed by atoms with E-state index < -0.39 is 17.4 Å². The zero-order valence-electron chi connectivity index (χ0n) is 16.4. The quantitative estimate of drug-likeness (QED) is 0.531. The lowest BCUT2D eigenvalue weighted by Crippen LogP contribution is -2.34. The maximum Gasteiger partial charge on any atom is 0.404 e. The third-order valence-electron chi connectivity index (χ3n) is 5.25. The Labute approximate surface area is 175 Å². The van der Waals surface area contributed by atoms with Crippen molar-refractivity contribution in [3.8, 4) is 5.75 Å². The van der Waals surface area contributed by atoms with E-state index in [2.05, 4.69) is 15.7 Å². The first-order chi connectivity index (χ1) is 14.7. The van der Waals surface area contributed by atoms with E-state index in [4.69, 9.17) is 4.74 Å². The number of nitrogens with zero attached hydrogens (tertiary/aromatic N) is 3. The van der Waals surface area contributed by atoms with Crippen LogP contribution in [0.5, 0.6) is 5.75 Å². The van der Waals surface area contributed by atoms with Crippen LogP contribution >= 0.6 is 0 Å². The highest BCUT2D eigenvalue weighted by atomic mass is 19.4. The largest absolute Gasteiger partial charge is 0.491 e. The van der Waals surface area contributed by atoms with Gasteiger partial charge in [0.05, 0.1) is 18.7 Å². The highest BCUT2D eigenvalue weighted by molar-refractivity contribution is 5.98. The van der Waals surface area contributed by atoms with E-state index in [1.165, 1.54) is 11.0 Å². The summed E-state index contributed by atoms with van der Waals surface area (Å²) >= 11 is 0. The van der Waals surface area contributed by atoms with Gasteiger partial charge in [-0.05, 0) is 42.8 Å². The van der Waals surface area contributed by atoms with E-state index in [0.717, 1.165) is 13.0 Å². The highest BCUT2D eigenvalue weighted by Crippen LogP contribution is 2.48. The minimum atomic E-state index is -4.79. The van der Waals surface area contributed by atoms with E-state index in [1.807, 2.05) is 0 Å². The summed E-state index contributed by atoms with van der Waals surface area (Å²) in [5.41, 5.74) is 0.472. The van der Waals surface area contributed by atoms with Gasteiger partial charge >= 0.3 is 6.18 Å². The van der Waals surface area contributed by atoms with Gasteiger partial charge in [-0.1, -0.05) is 6.07 Å². The van der Waals surface area contributed by atoms with Crippen molar-refractivity contribution >= 4 is 11.5 Å². The Hall–Kier alpha value is -3.45. The molecule has 0 radical (unpaired) electrons.